The Morgan fingerprint density at radius 2 is 1.88 bits per heavy atom. The molecule has 0 atom stereocenters. The standard InChI is InChI=1S/C18H21Cl2F2N2P/c1-10-7-15(19)13(8-11(2)25(4,5)6)9-14(10)16-17(20)24(18(21)22)12(3)23-16/h7-9,18H,4H2,1-3,5-6H3/b11-8+. The number of benzene rings is 1. The van der Waals surface area contributed by atoms with Crippen molar-refractivity contribution in [3.8, 4) is 11.3 Å². The lowest BCUT2D eigenvalue weighted by Crippen LogP contribution is -2.00. The van der Waals surface area contributed by atoms with Crippen molar-refractivity contribution in [1.82, 2.24) is 9.55 Å². The fraction of sp³-hybridized carbons (Fsp3) is 0.333. The van der Waals surface area contributed by atoms with Gasteiger partial charge in [0.15, 0.2) is 0 Å². The third kappa shape index (κ3) is 4.19. The summed E-state index contributed by atoms with van der Waals surface area (Å²) in [5.41, 5.74) is 2.65. The van der Waals surface area contributed by atoms with Crippen LogP contribution in [0.15, 0.2) is 17.4 Å². The summed E-state index contributed by atoms with van der Waals surface area (Å²) >= 11 is 12.5. The SMILES string of the molecule is C=P(C)(C)/C(C)=C/c1cc(-c2nc(C)n(C(F)F)c2Cl)c(C)cc1Cl. The van der Waals surface area contributed by atoms with E-state index >= 15 is 0 Å². The highest BCUT2D eigenvalue weighted by atomic mass is 35.5. The number of rotatable bonds is 4. The third-order valence-electron chi connectivity index (χ3n) is 4.14. The first kappa shape index (κ1) is 20.2. The summed E-state index contributed by atoms with van der Waals surface area (Å²) in [5, 5.41) is 1.68. The van der Waals surface area contributed by atoms with Gasteiger partial charge in [0.05, 0.1) is 0 Å². The van der Waals surface area contributed by atoms with E-state index in [1.165, 1.54) is 6.92 Å². The average molecular weight is 405 g/mol. The molecule has 0 saturated carbocycles. The molecule has 1 aromatic carbocycles. The van der Waals surface area contributed by atoms with Gasteiger partial charge in [-0.15, -0.1) is 0 Å². The molecule has 0 aliphatic carbocycles. The van der Waals surface area contributed by atoms with Crippen LogP contribution in [0.3, 0.4) is 0 Å². The Morgan fingerprint density at radius 1 is 1.28 bits per heavy atom. The first-order chi connectivity index (χ1) is 11.4. The van der Waals surface area contributed by atoms with E-state index in [1.54, 1.807) is 6.07 Å². The fourth-order valence-electron chi connectivity index (χ4n) is 2.37. The van der Waals surface area contributed by atoms with E-state index in [-0.39, 0.29) is 11.0 Å². The molecule has 1 aromatic heterocycles. The van der Waals surface area contributed by atoms with Crippen LogP contribution in [-0.4, -0.2) is 29.2 Å². The molecule has 7 heteroatoms. The largest absolute Gasteiger partial charge is 0.321 e. The fourth-order valence-corrected chi connectivity index (χ4v) is 3.47. The van der Waals surface area contributed by atoms with E-state index in [9.17, 15) is 8.78 Å². The number of imidazole rings is 1. The predicted octanol–water partition coefficient (Wildman–Crippen LogP) is 6.94. The molecule has 136 valence electrons. The number of halogens is 4. The summed E-state index contributed by atoms with van der Waals surface area (Å²) in [6.45, 7) is 5.48. The monoisotopic (exact) mass is 404 g/mol. The summed E-state index contributed by atoms with van der Waals surface area (Å²) in [6, 6.07) is 3.65. The smallest absolute Gasteiger partial charge is 0.260 e. The van der Waals surface area contributed by atoms with Crippen LogP contribution in [0.5, 0.6) is 0 Å². The van der Waals surface area contributed by atoms with Crippen LogP contribution in [-0.2, 0) is 0 Å². The molecule has 0 saturated heterocycles. The topological polar surface area (TPSA) is 17.8 Å². The van der Waals surface area contributed by atoms with Crippen molar-refractivity contribution in [2.45, 2.75) is 27.3 Å². The van der Waals surface area contributed by atoms with Crippen molar-refractivity contribution < 1.29 is 8.78 Å². The van der Waals surface area contributed by atoms with Crippen LogP contribution in [0.2, 0.25) is 10.2 Å². The number of aryl methyl sites for hydroxylation is 2. The maximum atomic E-state index is 13.2. The Kier molecular flexibility index (Phi) is 5.88. The van der Waals surface area contributed by atoms with E-state index in [1.807, 2.05) is 26.0 Å². The quantitative estimate of drug-likeness (QED) is 0.504. The van der Waals surface area contributed by atoms with Gasteiger partial charge >= 0.3 is 6.55 Å². The molecular weight excluding hydrogens is 384 g/mol. The highest BCUT2D eigenvalue weighted by molar-refractivity contribution is 7.76. The van der Waals surface area contributed by atoms with E-state index in [2.05, 4.69) is 24.6 Å². The molecule has 0 amide bonds. The van der Waals surface area contributed by atoms with Gasteiger partial charge in [0.2, 0.25) is 0 Å². The Balaban J connectivity index is 2.67. The highest BCUT2D eigenvalue weighted by Gasteiger charge is 2.21. The summed E-state index contributed by atoms with van der Waals surface area (Å²) in [6.07, 6.45) is 6.22. The number of allylic oxidation sites excluding steroid dienone is 1. The molecule has 1 heterocycles. The number of hydrogen-bond donors (Lipinski definition) is 0. The Hall–Kier alpha value is -1.09. The molecule has 2 nitrogen and oxygen atoms in total. The summed E-state index contributed by atoms with van der Waals surface area (Å²) in [4.78, 5) is 4.24. The number of aromatic nitrogens is 2. The molecule has 25 heavy (non-hydrogen) atoms. The van der Waals surface area contributed by atoms with Crippen molar-refractivity contribution >= 4 is 42.5 Å². The van der Waals surface area contributed by atoms with Crippen molar-refractivity contribution in [3.05, 3.63) is 44.6 Å². The first-order valence-corrected chi connectivity index (χ1v) is 11.3. The maximum absolute atomic E-state index is 13.2. The minimum Gasteiger partial charge on any atom is -0.260 e. The molecule has 0 radical (unpaired) electrons. The molecule has 0 spiro atoms. The zero-order chi connectivity index (χ0) is 19.1. The van der Waals surface area contributed by atoms with E-state index in [0.29, 0.717) is 16.3 Å². The van der Waals surface area contributed by atoms with E-state index in [0.717, 1.165) is 21.0 Å². The van der Waals surface area contributed by atoms with Gasteiger partial charge in [-0.05, 0) is 62.7 Å². The van der Waals surface area contributed by atoms with Crippen LogP contribution in [0, 0.1) is 13.8 Å². The minimum atomic E-state index is -2.74. The Bertz CT molecular complexity index is 895. The Morgan fingerprint density at radius 3 is 2.36 bits per heavy atom. The lowest BCUT2D eigenvalue weighted by molar-refractivity contribution is 0.0683. The molecule has 0 unspecified atom stereocenters. The zero-order valence-electron chi connectivity index (χ0n) is 14.9. The molecule has 0 aliphatic rings. The van der Waals surface area contributed by atoms with Gasteiger partial charge < -0.3 is 0 Å². The summed E-state index contributed by atoms with van der Waals surface area (Å²) in [5.74, 6) is 0.169. The van der Waals surface area contributed by atoms with E-state index < -0.39 is 13.4 Å². The number of alkyl halides is 2. The lowest BCUT2D eigenvalue weighted by Gasteiger charge is -2.15. The second kappa shape index (κ2) is 7.26. The number of nitrogens with zero attached hydrogens (tertiary/aromatic N) is 2. The molecule has 0 bridgehead atoms. The molecule has 0 N–H and O–H groups in total. The highest BCUT2D eigenvalue weighted by Crippen LogP contribution is 2.46. The zero-order valence-corrected chi connectivity index (χ0v) is 17.3. The van der Waals surface area contributed by atoms with Crippen molar-refractivity contribution in [1.29, 1.82) is 0 Å². The van der Waals surface area contributed by atoms with Crippen molar-refractivity contribution in [2.24, 2.45) is 0 Å². The van der Waals surface area contributed by atoms with Gasteiger partial charge in [-0.2, -0.15) is 8.78 Å². The van der Waals surface area contributed by atoms with Crippen LogP contribution in [0.4, 0.5) is 8.78 Å². The summed E-state index contributed by atoms with van der Waals surface area (Å²) in [7, 11) is 0. The van der Waals surface area contributed by atoms with Gasteiger partial charge in [0.1, 0.15) is 16.7 Å². The van der Waals surface area contributed by atoms with E-state index in [4.69, 9.17) is 23.2 Å². The van der Waals surface area contributed by atoms with Crippen LogP contribution in [0.1, 0.15) is 30.4 Å². The minimum absolute atomic E-state index is 0.0745. The van der Waals surface area contributed by atoms with Crippen LogP contribution < -0.4 is 0 Å². The first-order valence-electron chi connectivity index (χ1n) is 7.63. The van der Waals surface area contributed by atoms with Gasteiger partial charge in [0, 0.05) is 10.6 Å². The predicted molar refractivity (Wildman–Crippen MR) is 108 cm³/mol. The Labute approximate surface area is 157 Å². The molecular formula is C18H21Cl2F2N2P. The third-order valence-corrected chi connectivity index (χ3v) is 6.87. The molecule has 0 fully saturated rings. The van der Waals surface area contributed by atoms with Crippen LogP contribution in [0.25, 0.3) is 17.3 Å². The van der Waals surface area contributed by atoms with Gasteiger partial charge in [-0.3, -0.25) is 4.57 Å². The van der Waals surface area contributed by atoms with Crippen LogP contribution >= 0.6 is 30.1 Å². The average Bonchev–Trinajstić information content (AvgIpc) is 2.75. The lowest BCUT2D eigenvalue weighted by atomic mass is 10.0. The summed E-state index contributed by atoms with van der Waals surface area (Å²) < 4.78 is 27.1. The molecule has 2 aromatic rings. The van der Waals surface area contributed by atoms with Crippen molar-refractivity contribution in [3.63, 3.8) is 0 Å². The van der Waals surface area contributed by atoms with Crippen molar-refractivity contribution in [2.75, 3.05) is 13.3 Å². The molecule has 0 aliphatic heterocycles. The maximum Gasteiger partial charge on any atom is 0.321 e. The van der Waals surface area contributed by atoms with Gasteiger partial charge in [-0.25, -0.2) is 4.98 Å². The second-order valence-electron chi connectivity index (χ2n) is 6.61. The second-order valence-corrected chi connectivity index (χ2v) is 11.4. The number of hydrogen-bond acceptors (Lipinski definition) is 1. The molecule has 2 rings (SSSR count). The normalized spacial score (nSPS) is 13.0. The van der Waals surface area contributed by atoms with Gasteiger partial charge in [-0.1, -0.05) is 42.5 Å². The van der Waals surface area contributed by atoms with Gasteiger partial charge in [0.25, 0.3) is 0 Å².